The summed E-state index contributed by atoms with van der Waals surface area (Å²) in [4.78, 5) is 4.42. The van der Waals surface area contributed by atoms with E-state index in [0.717, 1.165) is 11.1 Å². The Bertz CT molecular complexity index is 1010. The number of nitrogen functional groups attached to an aromatic ring is 1. The molecule has 1 aromatic heterocycles. The van der Waals surface area contributed by atoms with Crippen molar-refractivity contribution >= 4 is 32.2 Å². The highest BCUT2D eigenvalue weighted by Gasteiger charge is 2.21. The van der Waals surface area contributed by atoms with Gasteiger partial charge in [-0.3, -0.25) is 4.72 Å². The molecule has 0 aliphatic carbocycles. The van der Waals surface area contributed by atoms with E-state index >= 15 is 0 Å². The van der Waals surface area contributed by atoms with Gasteiger partial charge in [-0.2, -0.15) is 0 Å². The molecular weight excluding hydrogens is 358 g/mol. The highest BCUT2D eigenvalue weighted by atomic mass is 32.2. The lowest BCUT2D eigenvalue weighted by Crippen LogP contribution is -2.14. The maximum Gasteiger partial charge on any atom is 0.267 e. The molecule has 0 fully saturated rings. The zero-order valence-corrected chi connectivity index (χ0v) is 15.3. The van der Waals surface area contributed by atoms with Crippen molar-refractivity contribution in [3.8, 4) is 17.0 Å². The number of benzene rings is 2. The molecule has 0 atom stereocenters. The number of aryl methyl sites for hydroxylation is 1. The van der Waals surface area contributed by atoms with Crippen LogP contribution in [0.4, 0.5) is 10.8 Å². The number of aromatic nitrogens is 1. The number of methoxy groups -OCH3 is 1. The highest BCUT2D eigenvalue weighted by molar-refractivity contribution is 7.93. The largest absolute Gasteiger partial charge is 0.495 e. The average Bonchev–Trinajstić information content (AvgIpc) is 3.02. The van der Waals surface area contributed by atoms with Crippen LogP contribution in [0.25, 0.3) is 11.3 Å². The van der Waals surface area contributed by atoms with Crippen LogP contribution in [0.5, 0.6) is 5.75 Å². The Hall–Kier alpha value is -2.58. The normalized spacial score (nSPS) is 11.3. The Morgan fingerprint density at radius 2 is 2.00 bits per heavy atom. The second-order valence-electron chi connectivity index (χ2n) is 5.42. The third kappa shape index (κ3) is 3.75. The fraction of sp³-hybridized carbons (Fsp3) is 0.118. The first kappa shape index (κ1) is 17.2. The molecule has 3 aromatic rings. The molecule has 1 heterocycles. The molecule has 0 radical (unpaired) electrons. The number of nitrogens with two attached hydrogens (primary N) is 1. The quantitative estimate of drug-likeness (QED) is 0.666. The van der Waals surface area contributed by atoms with Crippen molar-refractivity contribution in [3.05, 3.63) is 53.4 Å². The minimum Gasteiger partial charge on any atom is -0.495 e. The Morgan fingerprint density at radius 3 is 2.72 bits per heavy atom. The van der Waals surface area contributed by atoms with Crippen LogP contribution in [0.15, 0.2) is 52.7 Å². The van der Waals surface area contributed by atoms with Gasteiger partial charge in [0.15, 0.2) is 5.13 Å². The van der Waals surface area contributed by atoms with Crippen molar-refractivity contribution in [1.82, 2.24) is 4.98 Å². The molecule has 0 aliphatic rings. The van der Waals surface area contributed by atoms with Gasteiger partial charge in [0.2, 0.25) is 0 Å². The van der Waals surface area contributed by atoms with Crippen molar-refractivity contribution in [2.45, 2.75) is 11.8 Å². The molecule has 0 bridgehead atoms. The fourth-order valence-electron chi connectivity index (χ4n) is 2.32. The van der Waals surface area contributed by atoms with Crippen LogP contribution in [0, 0.1) is 6.92 Å². The highest BCUT2D eigenvalue weighted by Crippen LogP contribution is 2.30. The lowest BCUT2D eigenvalue weighted by atomic mass is 10.1. The van der Waals surface area contributed by atoms with Crippen LogP contribution in [0.3, 0.4) is 0 Å². The number of hydrogen-bond acceptors (Lipinski definition) is 6. The molecule has 6 nitrogen and oxygen atoms in total. The zero-order valence-electron chi connectivity index (χ0n) is 13.7. The molecule has 0 saturated heterocycles. The van der Waals surface area contributed by atoms with Gasteiger partial charge < -0.3 is 10.5 Å². The standard InChI is InChI=1S/C17H17N3O3S2/c1-11-6-7-15(23-2)16(8-11)25(21,22)20-17-19-14(10-24-17)12-4-3-5-13(18)9-12/h3-10H,18H2,1-2H3,(H,19,20). The second kappa shape index (κ2) is 6.73. The van der Waals surface area contributed by atoms with Gasteiger partial charge in [-0.1, -0.05) is 18.2 Å². The Kier molecular flexibility index (Phi) is 4.65. The second-order valence-corrected chi connectivity index (χ2v) is 7.93. The van der Waals surface area contributed by atoms with Crippen molar-refractivity contribution in [3.63, 3.8) is 0 Å². The number of nitrogens with one attached hydrogen (secondary N) is 1. The maximum atomic E-state index is 12.7. The summed E-state index contributed by atoms with van der Waals surface area (Å²) in [5.74, 6) is 0.283. The Morgan fingerprint density at radius 1 is 1.20 bits per heavy atom. The van der Waals surface area contributed by atoms with E-state index in [4.69, 9.17) is 10.5 Å². The molecule has 0 saturated carbocycles. The van der Waals surface area contributed by atoms with Gasteiger partial charge in [0, 0.05) is 16.6 Å². The summed E-state index contributed by atoms with van der Waals surface area (Å²) in [6.45, 7) is 1.82. The molecule has 130 valence electrons. The van der Waals surface area contributed by atoms with E-state index < -0.39 is 10.0 Å². The molecule has 2 aromatic carbocycles. The molecule has 3 N–H and O–H groups in total. The van der Waals surface area contributed by atoms with E-state index in [1.165, 1.54) is 18.4 Å². The predicted molar refractivity (Wildman–Crippen MR) is 101 cm³/mol. The lowest BCUT2D eigenvalue weighted by molar-refractivity contribution is 0.402. The zero-order chi connectivity index (χ0) is 18.0. The van der Waals surface area contributed by atoms with Gasteiger partial charge in [0.25, 0.3) is 10.0 Å². The van der Waals surface area contributed by atoms with Crippen molar-refractivity contribution in [2.75, 3.05) is 17.6 Å². The van der Waals surface area contributed by atoms with Crippen LogP contribution in [-0.2, 0) is 10.0 Å². The summed E-state index contributed by atoms with van der Waals surface area (Å²) >= 11 is 1.21. The number of anilines is 2. The van der Waals surface area contributed by atoms with Crippen LogP contribution in [0.1, 0.15) is 5.56 Å². The fourth-order valence-corrected chi connectivity index (χ4v) is 4.54. The van der Waals surface area contributed by atoms with Crippen LogP contribution < -0.4 is 15.2 Å². The number of thiazole rings is 1. The molecular formula is C17H17N3O3S2. The van der Waals surface area contributed by atoms with Gasteiger partial charge in [-0.25, -0.2) is 13.4 Å². The van der Waals surface area contributed by atoms with Gasteiger partial charge in [-0.05, 0) is 36.8 Å². The Labute approximate surface area is 150 Å². The summed E-state index contributed by atoms with van der Waals surface area (Å²) in [7, 11) is -2.37. The van der Waals surface area contributed by atoms with E-state index in [0.29, 0.717) is 11.4 Å². The van der Waals surface area contributed by atoms with E-state index in [-0.39, 0.29) is 15.8 Å². The van der Waals surface area contributed by atoms with Crippen LogP contribution >= 0.6 is 11.3 Å². The van der Waals surface area contributed by atoms with Crippen molar-refractivity contribution < 1.29 is 13.2 Å². The number of sulfonamides is 1. The molecule has 3 rings (SSSR count). The van der Waals surface area contributed by atoms with E-state index in [1.54, 1.807) is 35.7 Å². The van der Waals surface area contributed by atoms with Gasteiger partial charge >= 0.3 is 0 Å². The molecule has 0 amide bonds. The SMILES string of the molecule is COc1ccc(C)cc1S(=O)(=O)Nc1nc(-c2cccc(N)c2)cs1. The molecule has 0 unspecified atom stereocenters. The number of hydrogen-bond donors (Lipinski definition) is 2. The van der Waals surface area contributed by atoms with Crippen molar-refractivity contribution in [1.29, 1.82) is 0 Å². The summed E-state index contributed by atoms with van der Waals surface area (Å²) in [5, 5.41) is 2.06. The van der Waals surface area contributed by atoms with Crippen molar-refractivity contribution in [2.24, 2.45) is 0 Å². The molecule has 0 aliphatic heterocycles. The van der Waals surface area contributed by atoms with Crippen LogP contribution in [-0.4, -0.2) is 20.5 Å². The summed E-state index contributed by atoms with van der Waals surface area (Å²) in [5.41, 5.74) is 8.71. The minimum absolute atomic E-state index is 0.0794. The molecule has 25 heavy (non-hydrogen) atoms. The summed E-state index contributed by atoms with van der Waals surface area (Å²) in [6, 6.07) is 12.2. The lowest BCUT2D eigenvalue weighted by Gasteiger charge is -2.10. The average molecular weight is 375 g/mol. The Balaban J connectivity index is 1.91. The first-order chi connectivity index (χ1) is 11.9. The topological polar surface area (TPSA) is 94.3 Å². The third-order valence-corrected chi connectivity index (χ3v) is 5.76. The number of ether oxygens (including phenoxy) is 1. The summed E-state index contributed by atoms with van der Waals surface area (Å²) in [6.07, 6.45) is 0. The summed E-state index contributed by atoms with van der Waals surface area (Å²) < 4.78 is 33.0. The predicted octanol–water partition coefficient (Wildman–Crippen LogP) is 3.51. The monoisotopic (exact) mass is 375 g/mol. The van der Waals surface area contributed by atoms with Gasteiger partial charge in [0.05, 0.1) is 12.8 Å². The maximum absolute atomic E-state index is 12.7. The van der Waals surface area contributed by atoms with Crippen LogP contribution in [0.2, 0.25) is 0 Å². The van der Waals surface area contributed by atoms with E-state index in [9.17, 15) is 8.42 Å². The number of nitrogens with zero attached hydrogens (tertiary/aromatic N) is 1. The smallest absolute Gasteiger partial charge is 0.267 e. The molecule has 8 heteroatoms. The first-order valence-electron chi connectivity index (χ1n) is 7.38. The number of rotatable bonds is 5. The van der Waals surface area contributed by atoms with Gasteiger partial charge in [-0.15, -0.1) is 11.3 Å². The minimum atomic E-state index is -3.81. The third-order valence-electron chi connectivity index (χ3n) is 3.52. The van der Waals surface area contributed by atoms with Gasteiger partial charge in [0.1, 0.15) is 10.6 Å². The van der Waals surface area contributed by atoms with E-state index in [1.807, 2.05) is 19.1 Å². The van der Waals surface area contributed by atoms with E-state index in [2.05, 4.69) is 9.71 Å². The molecule has 0 spiro atoms. The first-order valence-corrected chi connectivity index (χ1v) is 9.74.